The lowest BCUT2D eigenvalue weighted by molar-refractivity contribution is 0.387. The molecule has 0 heterocycles. The molecular formula is C15H17N3O4S. The van der Waals surface area contributed by atoms with E-state index in [0.717, 1.165) is 16.8 Å². The molecule has 0 aliphatic rings. The largest absolute Gasteiger partial charge is 0.446 e. The minimum atomic E-state index is -4.49. The molecule has 23 heavy (non-hydrogen) atoms. The quantitative estimate of drug-likeness (QED) is 0.498. The molecular weight excluding hydrogens is 318 g/mol. The Hall–Kier alpha value is -2.45. The molecule has 8 heteroatoms. The minimum Gasteiger partial charge on any atom is -0.362 e. The minimum absolute atomic E-state index is 0.0655. The Bertz CT molecular complexity index is 769. The average molecular weight is 335 g/mol. The van der Waals surface area contributed by atoms with Crippen molar-refractivity contribution in [2.75, 3.05) is 14.1 Å². The van der Waals surface area contributed by atoms with Crippen LogP contribution in [-0.2, 0) is 16.8 Å². The van der Waals surface area contributed by atoms with Crippen LogP contribution < -0.4 is 4.18 Å². The molecule has 0 bridgehead atoms. The summed E-state index contributed by atoms with van der Waals surface area (Å²) in [4.78, 5) is 0. The standard InChI is InChI=1S/C15H17N3O4S/c1-18(2)17-16-14-7-3-12(4-8-14)11-13-5-9-15(10-6-13)22-23(19,20)21/h3-10H,11H2,1-2H3,(H,19,20,21). The molecule has 122 valence electrons. The molecule has 2 aromatic carbocycles. The Kier molecular flexibility index (Phi) is 5.30. The van der Waals surface area contributed by atoms with Gasteiger partial charge in [0.05, 0.1) is 5.69 Å². The Morgan fingerprint density at radius 2 is 1.52 bits per heavy atom. The predicted molar refractivity (Wildman–Crippen MR) is 86.1 cm³/mol. The molecule has 0 saturated carbocycles. The highest BCUT2D eigenvalue weighted by atomic mass is 32.3. The Labute approximate surface area is 135 Å². The Morgan fingerprint density at radius 1 is 1.00 bits per heavy atom. The van der Waals surface area contributed by atoms with Gasteiger partial charge < -0.3 is 4.18 Å². The predicted octanol–water partition coefficient (Wildman–Crippen LogP) is 3.02. The van der Waals surface area contributed by atoms with Gasteiger partial charge in [0, 0.05) is 14.1 Å². The first-order valence-corrected chi connectivity index (χ1v) is 8.12. The number of rotatable bonds is 6. The summed E-state index contributed by atoms with van der Waals surface area (Å²) in [6.07, 6.45) is 0.678. The summed E-state index contributed by atoms with van der Waals surface area (Å²) < 4.78 is 34.2. The van der Waals surface area contributed by atoms with Gasteiger partial charge in [0.15, 0.2) is 0 Å². The monoisotopic (exact) mass is 335 g/mol. The second-order valence-electron chi connectivity index (χ2n) is 5.03. The lowest BCUT2D eigenvalue weighted by Crippen LogP contribution is -2.06. The third-order valence-corrected chi connectivity index (χ3v) is 3.21. The highest BCUT2D eigenvalue weighted by Crippen LogP contribution is 2.19. The summed E-state index contributed by atoms with van der Waals surface area (Å²) in [5.74, 6) is 0.0655. The Balaban J connectivity index is 2.02. The smallest absolute Gasteiger partial charge is 0.362 e. The molecule has 0 fully saturated rings. The van der Waals surface area contributed by atoms with Gasteiger partial charge in [-0.05, 0) is 41.8 Å². The first kappa shape index (κ1) is 16.9. The van der Waals surface area contributed by atoms with Crippen LogP contribution in [0.5, 0.6) is 5.75 Å². The molecule has 7 nitrogen and oxygen atoms in total. The fraction of sp³-hybridized carbons (Fsp3) is 0.200. The van der Waals surface area contributed by atoms with Crippen LogP contribution in [0.2, 0.25) is 0 Å². The van der Waals surface area contributed by atoms with Gasteiger partial charge in [-0.3, -0.25) is 9.56 Å². The fourth-order valence-corrected chi connectivity index (χ4v) is 2.20. The van der Waals surface area contributed by atoms with Crippen molar-refractivity contribution >= 4 is 16.1 Å². The maximum absolute atomic E-state index is 10.6. The van der Waals surface area contributed by atoms with E-state index in [4.69, 9.17) is 4.55 Å². The second kappa shape index (κ2) is 7.21. The zero-order valence-corrected chi connectivity index (χ0v) is 13.6. The molecule has 0 unspecified atom stereocenters. The first-order valence-electron chi connectivity index (χ1n) is 6.75. The van der Waals surface area contributed by atoms with Crippen LogP contribution in [-0.4, -0.2) is 32.1 Å². The van der Waals surface area contributed by atoms with E-state index in [2.05, 4.69) is 14.5 Å². The van der Waals surface area contributed by atoms with Gasteiger partial charge >= 0.3 is 10.4 Å². The summed E-state index contributed by atoms with van der Waals surface area (Å²) in [7, 11) is -0.890. The average Bonchev–Trinajstić information content (AvgIpc) is 2.47. The van der Waals surface area contributed by atoms with E-state index in [9.17, 15) is 8.42 Å². The van der Waals surface area contributed by atoms with Crippen molar-refractivity contribution in [3.63, 3.8) is 0 Å². The molecule has 0 aliphatic carbocycles. The summed E-state index contributed by atoms with van der Waals surface area (Å²) in [5.41, 5.74) is 2.83. The van der Waals surface area contributed by atoms with E-state index < -0.39 is 10.4 Å². The maximum atomic E-state index is 10.6. The summed E-state index contributed by atoms with van der Waals surface area (Å²) in [6.45, 7) is 0. The summed E-state index contributed by atoms with van der Waals surface area (Å²) in [6, 6.07) is 14.1. The van der Waals surface area contributed by atoms with Gasteiger partial charge in [-0.25, -0.2) is 0 Å². The van der Waals surface area contributed by atoms with Crippen LogP contribution in [0.25, 0.3) is 0 Å². The van der Waals surface area contributed by atoms with Gasteiger partial charge in [-0.2, -0.15) is 8.42 Å². The molecule has 0 spiro atoms. The van der Waals surface area contributed by atoms with Crippen molar-refractivity contribution in [1.29, 1.82) is 0 Å². The second-order valence-corrected chi connectivity index (χ2v) is 6.06. The summed E-state index contributed by atoms with van der Waals surface area (Å²) >= 11 is 0. The lowest BCUT2D eigenvalue weighted by atomic mass is 10.0. The van der Waals surface area contributed by atoms with Gasteiger partial charge in [0.2, 0.25) is 0 Å². The molecule has 0 saturated heterocycles. The molecule has 0 atom stereocenters. The van der Waals surface area contributed by atoms with Crippen molar-refractivity contribution in [2.45, 2.75) is 6.42 Å². The van der Waals surface area contributed by atoms with Crippen LogP contribution >= 0.6 is 0 Å². The van der Waals surface area contributed by atoms with E-state index >= 15 is 0 Å². The highest BCUT2D eigenvalue weighted by Gasteiger charge is 2.06. The number of nitrogens with zero attached hydrogens (tertiary/aromatic N) is 3. The van der Waals surface area contributed by atoms with Crippen molar-refractivity contribution in [3.8, 4) is 5.75 Å². The first-order chi connectivity index (χ1) is 10.8. The third-order valence-electron chi connectivity index (χ3n) is 2.81. The normalized spacial score (nSPS) is 11.6. The molecule has 2 rings (SSSR count). The summed E-state index contributed by atoms with van der Waals surface area (Å²) in [5, 5.41) is 9.59. The zero-order chi connectivity index (χ0) is 16.9. The van der Waals surface area contributed by atoms with E-state index in [1.54, 1.807) is 31.2 Å². The van der Waals surface area contributed by atoms with E-state index in [0.29, 0.717) is 6.42 Å². The molecule has 0 radical (unpaired) electrons. The van der Waals surface area contributed by atoms with Gasteiger partial charge in [0.25, 0.3) is 0 Å². The molecule has 0 aliphatic heterocycles. The molecule has 2 aromatic rings. The molecule has 0 amide bonds. The van der Waals surface area contributed by atoms with Crippen LogP contribution in [0, 0.1) is 0 Å². The van der Waals surface area contributed by atoms with E-state index in [1.807, 2.05) is 24.3 Å². The van der Waals surface area contributed by atoms with E-state index in [1.165, 1.54) is 12.1 Å². The van der Waals surface area contributed by atoms with Crippen molar-refractivity contribution in [1.82, 2.24) is 5.01 Å². The number of hydrogen-bond donors (Lipinski definition) is 1. The SMILES string of the molecule is CN(C)N=Nc1ccc(Cc2ccc(OS(=O)(=O)O)cc2)cc1. The van der Waals surface area contributed by atoms with Crippen molar-refractivity contribution < 1.29 is 17.2 Å². The zero-order valence-electron chi connectivity index (χ0n) is 12.7. The number of hydrogen-bond acceptors (Lipinski definition) is 5. The molecule has 1 N–H and O–H groups in total. The van der Waals surface area contributed by atoms with E-state index in [-0.39, 0.29) is 5.75 Å². The lowest BCUT2D eigenvalue weighted by Gasteiger charge is -2.05. The van der Waals surface area contributed by atoms with Crippen molar-refractivity contribution in [2.24, 2.45) is 10.3 Å². The van der Waals surface area contributed by atoms with Crippen molar-refractivity contribution in [3.05, 3.63) is 59.7 Å². The highest BCUT2D eigenvalue weighted by molar-refractivity contribution is 7.81. The fourth-order valence-electron chi connectivity index (χ4n) is 1.84. The van der Waals surface area contributed by atoms with Crippen LogP contribution in [0.15, 0.2) is 58.9 Å². The van der Waals surface area contributed by atoms with Gasteiger partial charge in [-0.15, -0.1) is 5.11 Å². The third kappa shape index (κ3) is 6.05. The number of benzene rings is 2. The Morgan fingerprint density at radius 3 is 2.00 bits per heavy atom. The maximum Gasteiger partial charge on any atom is 0.446 e. The topological polar surface area (TPSA) is 91.6 Å². The van der Waals surface area contributed by atoms with Crippen LogP contribution in [0.3, 0.4) is 0 Å². The molecule has 0 aromatic heterocycles. The van der Waals surface area contributed by atoms with Crippen LogP contribution in [0.1, 0.15) is 11.1 Å². The van der Waals surface area contributed by atoms with Crippen LogP contribution in [0.4, 0.5) is 5.69 Å². The van der Waals surface area contributed by atoms with Gasteiger partial charge in [0.1, 0.15) is 5.75 Å². The van der Waals surface area contributed by atoms with Gasteiger partial charge in [-0.1, -0.05) is 29.5 Å².